The average molecular weight is 357 g/mol. The molecule has 0 atom stereocenters. The minimum absolute atomic E-state index is 0.209. The summed E-state index contributed by atoms with van der Waals surface area (Å²) in [4.78, 5) is 13.2. The molecule has 2 aromatic carbocycles. The van der Waals surface area contributed by atoms with Gasteiger partial charge >= 0.3 is 0 Å². The van der Waals surface area contributed by atoms with Gasteiger partial charge < -0.3 is 5.32 Å². The first-order valence-electron chi connectivity index (χ1n) is 5.50. The zero-order valence-electron chi connectivity index (χ0n) is 10.1. The minimum atomic E-state index is -0.209. The lowest BCUT2D eigenvalue weighted by molar-refractivity contribution is 0.102. The monoisotopic (exact) mass is 355 g/mol. The molecule has 0 radical (unpaired) electrons. The second-order valence-corrected chi connectivity index (χ2v) is 6.01. The van der Waals surface area contributed by atoms with Crippen molar-refractivity contribution in [2.24, 2.45) is 0 Å². The lowest BCUT2D eigenvalue weighted by Crippen LogP contribution is -2.12. The fourth-order valence-electron chi connectivity index (χ4n) is 1.57. The third-order valence-corrected chi connectivity index (χ3v) is 4.05. The highest BCUT2D eigenvalue weighted by atomic mass is 79.9. The van der Waals surface area contributed by atoms with Gasteiger partial charge in [0, 0.05) is 15.1 Å². The predicted octanol–water partition coefficient (Wildman–Crippen LogP) is 5.08. The Kier molecular flexibility index (Phi) is 4.91. The van der Waals surface area contributed by atoms with Crippen LogP contribution in [0.4, 0.5) is 5.69 Å². The van der Waals surface area contributed by atoms with Crippen LogP contribution in [0.5, 0.6) is 0 Å². The van der Waals surface area contributed by atoms with Crippen molar-refractivity contribution >= 4 is 50.9 Å². The van der Waals surface area contributed by atoms with Crippen LogP contribution in [0.25, 0.3) is 0 Å². The molecule has 0 spiro atoms. The molecule has 19 heavy (non-hydrogen) atoms. The first-order chi connectivity index (χ1) is 9.10. The van der Waals surface area contributed by atoms with Crippen LogP contribution in [0.3, 0.4) is 0 Å². The van der Waals surface area contributed by atoms with Gasteiger partial charge in [0.25, 0.3) is 5.91 Å². The fourth-order valence-corrected chi connectivity index (χ4v) is 2.61. The van der Waals surface area contributed by atoms with E-state index in [4.69, 9.17) is 11.6 Å². The number of anilines is 1. The third-order valence-electron chi connectivity index (χ3n) is 2.50. The van der Waals surface area contributed by atoms with Gasteiger partial charge in [0.15, 0.2) is 0 Å². The van der Waals surface area contributed by atoms with Crippen LogP contribution in [0, 0.1) is 0 Å². The summed E-state index contributed by atoms with van der Waals surface area (Å²) in [5.41, 5.74) is 1.21. The molecule has 0 saturated carbocycles. The molecule has 0 heterocycles. The second-order valence-electron chi connectivity index (χ2n) is 3.81. The smallest absolute Gasteiger partial charge is 0.257 e. The van der Waals surface area contributed by atoms with E-state index in [1.807, 2.05) is 36.6 Å². The first-order valence-corrected chi connectivity index (χ1v) is 7.90. The number of carbonyl (C=O) groups excluding carboxylic acids is 1. The van der Waals surface area contributed by atoms with Crippen LogP contribution in [-0.2, 0) is 0 Å². The van der Waals surface area contributed by atoms with Gasteiger partial charge in [0.2, 0.25) is 0 Å². The molecule has 0 aliphatic rings. The Hall–Kier alpha value is -0.970. The van der Waals surface area contributed by atoms with Crippen molar-refractivity contribution in [3.63, 3.8) is 0 Å². The molecule has 2 nitrogen and oxygen atoms in total. The molecule has 0 aromatic heterocycles. The highest BCUT2D eigenvalue weighted by Gasteiger charge is 2.11. The number of rotatable bonds is 3. The van der Waals surface area contributed by atoms with Crippen molar-refractivity contribution in [2.45, 2.75) is 4.90 Å². The maximum absolute atomic E-state index is 12.2. The largest absolute Gasteiger partial charge is 0.322 e. The highest BCUT2D eigenvalue weighted by Crippen LogP contribution is 2.24. The number of benzene rings is 2. The van der Waals surface area contributed by atoms with Gasteiger partial charge in [-0.25, -0.2) is 0 Å². The number of hydrogen-bond acceptors (Lipinski definition) is 2. The standard InChI is InChI=1S/C14H11BrClNOS/c1-19-11-5-6-13(16)12(8-11)14(18)17-10-4-2-3-9(15)7-10/h2-8H,1H3,(H,17,18). The Morgan fingerprint density at radius 1 is 1.26 bits per heavy atom. The molecule has 0 bridgehead atoms. The van der Waals surface area contributed by atoms with Crippen molar-refractivity contribution in [1.82, 2.24) is 0 Å². The van der Waals surface area contributed by atoms with E-state index in [1.165, 1.54) is 0 Å². The lowest BCUT2D eigenvalue weighted by Gasteiger charge is -2.08. The second kappa shape index (κ2) is 6.46. The van der Waals surface area contributed by atoms with Crippen molar-refractivity contribution in [3.8, 4) is 0 Å². The minimum Gasteiger partial charge on any atom is -0.322 e. The molecular weight excluding hydrogens is 346 g/mol. The molecule has 0 aliphatic heterocycles. The van der Waals surface area contributed by atoms with Crippen LogP contribution < -0.4 is 5.32 Å². The maximum atomic E-state index is 12.2. The summed E-state index contributed by atoms with van der Waals surface area (Å²) < 4.78 is 0.911. The van der Waals surface area contributed by atoms with E-state index >= 15 is 0 Å². The van der Waals surface area contributed by atoms with Crippen LogP contribution in [0.15, 0.2) is 51.8 Å². The SMILES string of the molecule is CSc1ccc(Cl)c(C(=O)Nc2cccc(Br)c2)c1. The molecule has 1 N–H and O–H groups in total. The molecule has 0 aliphatic carbocycles. The molecule has 2 aromatic rings. The summed E-state index contributed by atoms with van der Waals surface area (Å²) in [6.07, 6.45) is 1.96. The van der Waals surface area contributed by atoms with Gasteiger partial charge in [0.1, 0.15) is 0 Å². The van der Waals surface area contributed by atoms with Gasteiger partial charge in [-0.2, -0.15) is 0 Å². The number of thioether (sulfide) groups is 1. The van der Waals surface area contributed by atoms with Crippen molar-refractivity contribution in [3.05, 3.63) is 57.5 Å². The Morgan fingerprint density at radius 3 is 2.74 bits per heavy atom. The molecule has 5 heteroatoms. The van der Waals surface area contributed by atoms with Gasteiger partial charge in [-0.05, 0) is 42.7 Å². The number of halogens is 2. The van der Waals surface area contributed by atoms with Gasteiger partial charge in [-0.1, -0.05) is 33.6 Å². The summed E-state index contributed by atoms with van der Waals surface area (Å²) >= 11 is 11.0. The van der Waals surface area contributed by atoms with Gasteiger partial charge in [-0.3, -0.25) is 4.79 Å². The van der Waals surface area contributed by atoms with Crippen LogP contribution in [0.2, 0.25) is 5.02 Å². The fraction of sp³-hybridized carbons (Fsp3) is 0.0714. The van der Waals surface area contributed by atoms with Crippen molar-refractivity contribution < 1.29 is 4.79 Å². The van der Waals surface area contributed by atoms with Crippen LogP contribution >= 0.6 is 39.3 Å². The average Bonchev–Trinajstić information content (AvgIpc) is 2.39. The van der Waals surface area contributed by atoms with E-state index in [0.29, 0.717) is 10.6 Å². The Balaban J connectivity index is 2.25. The molecule has 98 valence electrons. The Morgan fingerprint density at radius 2 is 2.05 bits per heavy atom. The summed E-state index contributed by atoms with van der Waals surface area (Å²) in [7, 11) is 0. The predicted molar refractivity (Wildman–Crippen MR) is 85.3 cm³/mol. The molecule has 0 saturated heterocycles. The number of carbonyl (C=O) groups is 1. The van der Waals surface area contributed by atoms with E-state index in [2.05, 4.69) is 21.2 Å². The van der Waals surface area contributed by atoms with E-state index < -0.39 is 0 Å². The molecule has 2 rings (SSSR count). The van der Waals surface area contributed by atoms with Crippen LogP contribution in [-0.4, -0.2) is 12.2 Å². The van der Waals surface area contributed by atoms with E-state index in [0.717, 1.165) is 15.1 Å². The topological polar surface area (TPSA) is 29.1 Å². The molecule has 0 unspecified atom stereocenters. The lowest BCUT2D eigenvalue weighted by atomic mass is 10.2. The zero-order chi connectivity index (χ0) is 13.8. The Labute approximate surface area is 129 Å². The normalized spacial score (nSPS) is 10.3. The number of nitrogens with one attached hydrogen (secondary N) is 1. The van der Waals surface area contributed by atoms with E-state index in [9.17, 15) is 4.79 Å². The summed E-state index contributed by atoms with van der Waals surface area (Å²) in [5.74, 6) is -0.209. The molecule has 1 amide bonds. The van der Waals surface area contributed by atoms with E-state index in [1.54, 1.807) is 23.9 Å². The first kappa shape index (κ1) is 14.4. The van der Waals surface area contributed by atoms with Gasteiger partial charge in [-0.15, -0.1) is 11.8 Å². The van der Waals surface area contributed by atoms with Crippen molar-refractivity contribution in [1.29, 1.82) is 0 Å². The molecule has 0 fully saturated rings. The number of amides is 1. The quantitative estimate of drug-likeness (QED) is 0.777. The van der Waals surface area contributed by atoms with Crippen molar-refractivity contribution in [2.75, 3.05) is 11.6 Å². The van der Waals surface area contributed by atoms with Crippen LogP contribution in [0.1, 0.15) is 10.4 Å². The number of hydrogen-bond donors (Lipinski definition) is 1. The zero-order valence-corrected chi connectivity index (χ0v) is 13.3. The summed E-state index contributed by atoms with van der Waals surface area (Å²) in [5, 5.41) is 3.28. The summed E-state index contributed by atoms with van der Waals surface area (Å²) in [6.45, 7) is 0. The highest BCUT2D eigenvalue weighted by molar-refractivity contribution is 9.10. The molecular formula is C14H11BrClNOS. The summed E-state index contributed by atoms with van der Waals surface area (Å²) in [6, 6.07) is 12.8. The third kappa shape index (κ3) is 3.75. The van der Waals surface area contributed by atoms with Gasteiger partial charge in [0.05, 0.1) is 10.6 Å². The Bertz CT molecular complexity index is 618. The van der Waals surface area contributed by atoms with E-state index in [-0.39, 0.29) is 5.91 Å². The maximum Gasteiger partial charge on any atom is 0.257 e.